The van der Waals surface area contributed by atoms with Gasteiger partial charge in [-0.1, -0.05) is 46.6 Å². The Hall–Kier alpha value is -1.75. The van der Waals surface area contributed by atoms with Gasteiger partial charge in [0.25, 0.3) is 0 Å². The smallest absolute Gasteiger partial charge is 0.0936 e. The summed E-state index contributed by atoms with van der Waals surface area (Å²) in [6.07, 6.45) is 3.97. The number of fused-ring (bicyclic) bond motifs is 1. The molecule has 1 aromatic carbocycles. The summed E-state index contributed by atoms with van der Waals surface area (Å²) in [5, 5.41) is 21.6. The molecule has 1 aromatic heterocycles. The van der Waals surface area contributed by atoms with Gasteiger partial charge in [0.2, 0.25) is 0 Å². The molecule has 0 radical (unpaired) electrons. The summed E-state index contributed by atoms with van der Waals surface area (Å²) in [6.45, 7) is 2.17. The predicted molar refractivity (Wildman–Crippen MR) is 90.2 cm³/mol. The molecule has 1 heterocycles. The van der Waals surface area contributed by atoms with Crippen LogP contribution in [0.5, 0.6) is 0 Å². The number of nitrogens with zero attached hydrogens (tertiary/aromatic N) is 3. The van der Waals surface area contributed by atoms with E-state index >= 15 is 0 Å². The molecule has 1 aliphatic rings. The van der Waals surface area contributed by atoms with Crippen molar-refractivity contribution in [2.75, 3.05) is 0 Å². The minimum atomic E-state index is 0.497. The molecule has 0 fully saturated rings. The summed E-state index contributed by atoms with van der Waals surface area (Å²) in [5.74, 6) is 0.497. The summed E-state index contributed by atoms with van der Waals surface area (Å²) in [7, 11) is 0. The number of hydrogen-bond acceptors (Lipinski definition) is 4. The van der Waals surface area contributed by atoms with Crippen molar-refractivity contribution in [3.63, 3.8) is 0 Å². The standard InChI is InChI=1S/C17H18BrN3O/c1-2-3-11-8-16-14(17(9-11)21-22)10-15(19-20-16)12-4-6-13(18)7-5-12/h4-7,10-11,22H,2-3,8-9H2,1H3/b21-17+. The van der Waals surface area contributed by atoms with Crippen molar-refractivity contribution in [1.82, 2.24) is 10.2 Å². The third-order valence-corrected chi connectivity index (χ3v) is 4.63. The fourth-order valence-corrected chi connectivity index (χ4v) is 3.28. The number of rotatable bonds is 3. The Labute approximate surface area is 138 Å². The Morgan fingerprint density at radius 3 is 2.68 bits per heavy atom. The Kier molecular flexibility index (Phi) is 4.52. The first-order valence-electron chi connectivity index (χ1n) is 7.55. The van der Waals surface area contributed by atoms with Crippen LogP contribution >= 0.6 is 15.9 Å². The first-order valence-corrected chi connectivity index (χ1v) is 8.34. The molecule has 0 bridgehead atoms. The van der Waals surface area contributed by atoms with E-state index in [4.69, 9.17) is 0 Å². The van der Waals surface area contributed by atoms with Gasteiger partial charge < -0.3 is 5.21 Å². The topological polar surface area (TPSA) is 58.4 Å². The fraction of sp³-hybridized carbons (Fsp3) is 0.353. The molecule has 0 spiro atoms. The average Bonchev–Trinajstić information content (AvgIpc) is 2.55. The van der Waals surface area contributed by atoms with Crippen LogP contribution in [0.3, 0.4) is 0 Å². The van der Waals surface area contributed by atoms with Crippen molar-refractivity contribution in [2.24, 2.45) is 11.1 Å². The minimum Gasteiger partial charge on any atom is -0.411 e. The largest absolute Gasteiger partial charge is 0.411 e. The summed E-state index contributed by atoms with van der Waals surface area (Å²) in [5.41, 5.74) is 4.42. The molecule has 114 valence electrons. The quantitative estimate of drug-likeness (QED) is 0.650. The zero-order valence-electron chi connectivity index (χ0n) is 12.5. The van der Waals surface area contributed by atoms with Crippen molar-refractivity contribution < 1.29 is 5.21 Å². The Bertz CT molecular complexity index is 698. The van der Waals surface area contributed by atoms with Gasteiger partial charge >= 0.3 is 0 Å². The lowest BCUT2D eigenvalue weighted by Gasteiger charge is -2.24. The highest BCUT2D eigenvalue weighted by molar-refractivity contribution is 9.10. The minimum absolute atomic E-state index is 0.497. The molecule has 5 heteroatoms. The predicted octanol–water partition coefficient (Wildman–Crippen LogP) is 4.45. The zero-order chi connectivity index (χ0) is 15.5. The summed E-state index contributed by atoms with van der Waals surface area (Å²) < 4.78 is 1.03. The maximum Gasteiger partial charge on any atom is 0.0936 e. The second kappa shape index (κ2) is 6.57. The monoisotopic (exact) mass is 359 g/mol. The zero-order valence-corrected chi connectivity index (χ0v) is 14.0. The van der Waals surface area contributed by atoms with Gasteiger partial charge in [0.1, 0.15) is 0 Å². The molecule has 4 nitrogen and oxygen atoms in total. The fourth-order valence-electron chi connectivity index (χ4n) is 3.02. The third-order valence-electron chi connectivity index (χ3n) is 4.10. The van der Waals surface area contributed by atoms with Crippen molar-refractivity contribution in [3.05, 3.63) is 46.1 Å². The first kappa shape index (κ1) is 15.2. The van der Waals surface area contributed by atoms with Crippen LogP contribution in [0.4, 0.5) is 0 Å². The maximum absolute atomic E-state index is 9.36. The van der Waals surface area contributed by atoms with E-state index in [1.807, 2.05) is 30.3 Å². The third kappa shape index (κ3) is 3.04. The van der Waals surface area contributed by atoms with Crippen molar-refractivity contribution in [1.29, 1.82) is 0 Å². The lowest BCUT2D eigenvalue weighted by molar-refractivity contribution is 0.314. The van der Waals surface area contributed by atoms with Crippen LogP contribution in [0.2, 0.25) is 0 Å². The molecule has 1 aliphatic carbocycles. The van der Waals surface area contributed by atoms with Gasteiger partial charge in [0, 0.05) is 15.6 Å². The van der Waals surface area contributed by atoms with Crippen LogP contribution in [0.1, 0.15) is 37.4 Å². The van der Waals surface area contributed by atoms with Crippen LogP contribution in [0.25, 0.3) is 11.3 Å². The van der Waals surface area contributed by atoms with E-state index in [1.165, 1.54) is 0 Å². The van der Waals surface area contributed by atoms with Crippen LogP contribution < -0.4 is 0 Å². The van der Waals surface area contributed by atoms with Gasteiger partial charge in [-0.2, -0.15) is 10.2 Å². The van der Waals surface area contributed by atoms with Crippen molar-refractivity contribution in [2.45, 2.75) is 32.6 Å². The molecule has 0 amide bonds. The molecule has 1 N–H and O–H groups in total. The normalized spacial score (nSPS) is 19.2. The number of halogens is 1. The van der Waals surface area contributed by atoms with E-state index in [2.05, 4.69) is 38.2 Å². The molecule has 0 saturated carbocycles. The number of oxime groups is 1. The van der Waals surface area contributed by atoms with Gasteiger partial charge in [-0.3, -0.25) is 0 Å². The van der Waals surface area contributed by atoms with Gasteiger partial charge in [-0.15, -0.1) is 0 Å². The Balaban J connectivity index is 1.98. The van der Waals surface area contributed by atoms with Crippen molar-refractivity contribution in [3.8, 4) is 11.3 Å². The van der Waals surface area contributed by atoms with Gasteiger partial charge in [0.15, 0.2) is 0 Å². The molecule has 2 aromatic rings. The number of aromatic nitrogens is 2. The lowest BCUT2D eigenvalue weighted by Crippen LogP contribution is -2.22. The van der Waals surface area contributed by atoms with E-state index in [9.17, 15) is 5.21 Å². The van der Waals surface area contributed by atoms with Crippen LogP contribution in [0.15, 0.2) is 40.0 Å². The van der Waals surface area contributed by atoms with E-state index < -0.39 is 0 Å². The van der Waals surface area contributed by atoms with Crippen LogP contribution in [0, 0.1) is 5.92 Å². The van der Waals surface area contributed by atoms with Crippen molar-refractivity contribution >= 4 is 21.6 Å². The summed E-state index contributed by atoms with van der Waals surface area (Å²) in [6, 6.07) is 9.95. The number of benzene rings is 1. The SMILES string of the molecule is CCCC1C/C(=N\O)c2cc(-c3ccc(Br)cc3)nnc2C1. The highest BCUT2D eigenvalue weighted by Crippen LogP contribution is 2.30. The van der Waals surface area contributed by atoms with Crippen LogP contribution in [-0.2, 0) is 6.42 Å². The molecule has 1 unspecified atom stereocenters. The second-order valence-corrected chi connectivity index (χ2v) is 6.62. The van der Waals surface area contributed by atoms with E-state index in [-0.39, 0.29) is 0 Å². The maximum atomic E-state index is 9.36. The van der Waals surface area contributed by atoms with Gasteiger partial charge in [-0.25, -0.2) is 0 Å². The average molecular weight is 360 g/mol. The first-order chi connectivity index (χ1) is 10.7. The molecule has 0 aliphatic heterocycles. The molecule has 22 heavy (non-hydrogen) atoms. The summed E-state index contributed by atoms with van der Waals surface area (Å²) >= 11 is 3.43. The van der Waals surface area contributed by atoms with E-state index in [0.717, 1.165) is 58.4 Å². The van der Waals surface area contributed by atoms with E-state index in [1.54, 1.807) is 0 Å². The molecular formula is C17H18BrN3O. The molecule has 0 saturated heterocycles. The van der Waals surface area contributed by atoms with Gasteiger partial charge in [0.05, 0.1) is 17.1 Å². The highest BCUT2D eigenvalue weighted by Gasteiger charge is 2.25. The summed E-state index contributed by atoms with van der Waals surface area (Å²) in [4.78, 5) is 0. The number of hydrogen-bond donors (Lipinski definition) is 1. The van der Waals surface area contributed by atoms with Crippen LogP contribution in [-0.4, -0.2) is 21.1 Å². The Morgan fingerprint density at radius 2 is 2.00 bits per heavy atom. The molecular weight excluding hydrogens is 342 g/mol. The molecule has 1 atom stereocenters. The van der Waals surface area contributed by atoms with E-state index in [0.29, 0.717) is 5.92 Å². The lowest BCUT2D eigenvalue weighted by atomic mass is 9.83. The molecule has 3 rings (SSSR count). The highest BCUT2D eigenvalue weighted by atomic mass is 79.9. The Morgan fingerprint density at radius 1 is 1.23 bits per heavy atom. The second-order valence-electron chi connectivity index (χ2n) is 5.71. The van der Waals surface area contributed by atoms with Gasteiger partial charge in [-0.05, 0) is 43.4 Å².